The van der Waals surface area contributed by atoms with Gasteiger partial charge in [-0.15, -0.1) is 0 Å². The predicted molar refractivity (Wildman–Crippen MR) is 75.1 cm³/mol. The molecule has 0 amide bonds. The second-order valence-electron chi connectivity index (χ2n) is 4.16. The number of pyridine rings is 1. The smallest absolute Gasteiger partial charge is 0.0693 e. The van der Waals surface area contributed by atoms with Crippen molar-refractivity contribution in [1.82, 2.24) is 14.8 Å². The highest BCUT2D eigenvalue weighted by Crippen LogP contribution is 2.24. The van der Waals surface area contributed by atoms with Crippen molar-refractivity contribution in [2.24, 2.45) is 5.73 Å². The van der Waals surface area contributed by atoms with Gasteiger partial charge in [0.2, 0.25) is 0 Å². The highest BCUT2D eigenvalue weighted by Gasteiger charge is 2.15. The van der Waals surface area contributed by atoms with Crippen LogP contribution in [0.2, 0.25) is 0 Å². The number of nitrogens with zero attached hydrogens (tertiary/aromatic N) is 3. The standard InChI is InChI=1S/C13H17BrN4/c1-2-18-13(11(14)9-17-18)12(15)7-6-10-5-3-4-8-16-10/h3-5,8-9,12H,2,6-7,15H2,1H3. The molecule has 1 unspecified atom stereocenters. The van der Waals surface area contributed by atoms with Crippen LogP contribution in [0.15, 0.2) is 35.1 Å². The Morgan fingerprint density at radius 2 is 2.28 bits per heavy atom. The summed E-state index contributed by atoms with van der Waals surface area (Å²) in [5.74, 6) is 0. The Morgan fingerprint density at radius 1 is 1.44 bits per heavy atom. The van der Waals surface area contributed by atoms with Gasteiger partial charge in [0.15, 0.2) is 0 Å². The Kier molecular flexibility index (Phi) is 4.49. The molecule has 0 radical (unpaired) electrons. The first-order valence-corrected chi connectivity index (χ1v) is 6.88. The van der Waals surface area contributed by atoms with E-state index in [-0.39, 0.29) is 6.04 Å². The molecule has 0 aliphatic carbocycles. The number of hydrogen-bond donors (Lipinski definition) is 1. The maximum Gasteiger partial charge on any atom is 0.0693 e. The molecule has 2 heterocycles. The van der Waals surface area contributed by atoms with Crippen LogP contribution in [0.25, 0.3) is 0 Å². The van der Waals surface area contributed by atoms with Crippen molar-refractivity contribution in [3.05, 3.63) is 46.5 Å². The molecule has 18 heavy (non-hydrogen) atoms. The van der Waals surface area contributed by atoms with Crippen LogP contribution in [0.5, 0.6) is 0 Å². The van der Waals surface area contributed by atoms with Crippen LogP contribution in [0.4, 0.5) is 0 Å². The molecule has 0 bridgehead atoms. The van der Waals surface area contributed by atoms with Crippen molar-refractivity contribution < 1.29 is 0 Å². The summed E-state index contributed by atoms with van der Waals surface area (Å²) in [5.41, 5.74) is 8.38. The van der Waals surface area contributed by atoms with E-state index < -0.39 is 0 Å². The highest BCUT2D eigenvalue weighted by molar-refractivity contribution is 9.10. The molecule has 0 saturated carbocycles. The first-order chi connectivity index (χ1) is 8.72. The van der Waals surface area contributed by atoms with Gasteiger partial charge in [0.1, 0.15) is 0 Å². The van der Waals surface area contributed by atoms with Crippen LogP contribution in [0.3, 0.4) is 0 Å². The van der Waals surface area contributed by atoms with E-state index in [0.717, 1.165) is 35.2 Å². The van der Waals surface area contributed by atoms with E-state index in [1.807, 2.05) is 29.1 Å². The van der Waals surface area contributed by atoms with Crippen LogP contribution >= 0.6 is 15.9 Å². The summed E-state index contributed by atoms with van der Waals surface area (Å²) in [6, 6.07) is 5.93. The summed E-state index contributed by atoms with van der Waals surface area (Å²) in [6.07, 6.45) is 5.36. The minimum Gasteiger partial charge on any atom is -0.323 e. The maximum atomic E-state index is 6.25. The quantitative estimate of drug-likeness (QED) is 0.924. The van der Waals surface area contributed by atoms with Crippen LogP contribution < -0.4 is 5.73 Å². The molecule has 2 aromatic heterocycles. The number of hydrogen-bond acceptors (Lipinski definition) is 3. The largest absolute Gasteiger partial charge is 0.323 e. The molecule has 4 nitrogen and oxygen atoms in total. The Hall–Kier alpha value is -1.20. The minimum absolute atomic E-state index is 0.0242. The van der Waals surface area contributed by atoms with E-state index in [4.69, 9.17) is 5.73 Å². The lowest BCUT2D eigenvalue weighted by Gasteiger charge is -2.14. The minimum atomic E-state index is -0.0242. The maximum absolute atomic E-state index is 6.25. The van der Waals surface area contributed by atoms with Crippen molar-refractivity contribution in [1.29, 1.82) is 0 Å². The van der Waals surface area contributed by atoms with E-state index in [1.54, 1.807) is 6.20 Å². The van der Waals surface area contributed by atoms with Gasteiger partial charge in [0.05, 0.1) is 16.4 Å². The van der Waals surface area contributed by atoms with Crippen LogP contribution in [0.1, 0.15) is 30.8 Å². The van der Waals surface area contributed by atoms with Crippen LogP contribution in [0, 0.1) is 0 Å². The average Bonchev–Trinajstić information content (AvgIpc) is 2.78. The van der Waals surface area contributed by atoms with Gasteiger partial charge < -0.3 is 5.73 Å². The zero-order valence-corrected chi connectivity index (χ0v) is 12.0. The van der Waals surface area contributed by atoms with Gasteiger partial charge >= 0.3 is 0 Å². The number of rotatable bonds is 5. The predicted octanol–water partition coefficient (Wildman–Crippen LogP) is 2.69. The molecule has 0 fully saturated rings. The molecule has 96 valence electrons. The fraction of sp³-hybridized carbons (Fsp3) is 0.385. The lowest BCUT2D eigenvalue weighted by atomic mass is 10.1. The third-order valence-corrected chi connectivity index (χ3v) is 3.53. The van der Waals surface area contributed by atoms with Crippen molar-refractivity contribution in [3.63, 3.8) is 0 Å². The topological polar surface area (TPSA) is 56.7 Å². The molecule has 0 spiro atoms. The van der Waals surface area contributed by atoms with Gasteiger partial charge in [-0.1, -0.05) is 6.07 Å². The summed E-state index contributed by atoms with van der Waals surface area (Å²) in [6.45, 7) is 2.90. The van der Waals surface area contributed by atoms with E-state index in [9.17, 15) is 0 Å². The SMILES string of the molecule is CCn1ncc(Br)c1C(N)CCc1ccccn1. The first-order valence-electron chi connectivity index (χ1n) is 6.09. The second kappa shape index (κ2) is 6.11. The lowest BCUT2D eigenvalue weighted by Crippen LogP contribution is -2.17. The number of nitrogens with two attached hydrogens (primary N) is 1. The lowest BCUT2D eigenvalue weighted by molar-refractivity contribution is 0.543. The van der Waals surface area contributed by atoms with Gasteiger partial charge in [-0.2, -0.15) is 5.10 Å². The zero-order valence-electron chi connectivity index (χ0n) is 10.4. The molecule has 0 aliphatic heterocycles. The van der Waals surface area contributed by atoms with Crippen molar-refractivity contribution in [3.8, 4) is 0 Å². The molecular formula is C13H17BrN4. The summed E-state index contributed by atoms with van der Waals surface area (Å²) < 4.78 is 2.92. The third-order valence-electron chi connectivity index (χ3n) is 2.92. The molecule has 0 saturated heterocycles. The average molecular weight is 309 g/mol. The van der Waals surface area contributed by atoms with Gasteiger partial charge in [0, 0.05) is 24.5 Å². The van der Waals surface area contributed by atoms with Gasteiger partial charge in [-0.05, 0) is 47.8 Å². The molecule has 1 atom stereocenters. The number of aryl methyl sites for hydroxylation is 2. The molecule has 2 aromatic rings. The summed E-state index contributed by atoms with van der Waals surface area (Å²) in [7, 11) is 0. The Bertz CT molecular complexity index is 495. The Balaban J connectivity index is 2.03. The fourth-order valence-corrected chi connectivity index (χ4v) is 2.57. The van der Waals surface area contributed by atoms with Gasteiger partial charge in [-0.25, -0.2) is 0 Å². The molecule has 5 heteroatoms. The van der Waals surface area contributed by atoms with E-state index in [1.165, 1.54) is 0 Å². The fourth-order valence-electron chi connectivity index (χ4n) is 1.98. The first kappa shape index (κ1) is 13.2. The third kappa shape index (κ3) is 2.97. The van der Waals surface area contributed by atoms with Crippen molar-refractivity contribution >= 4 is 15.9 Å². The monoisotopic (exact) mass is 308 g/mol. The Labute approximate surface area is 115 Å². The number of halogens is 1. The van der Waals surface area contributed by atoms with E-state index in [2.05, 4.69) is 32.9 Å². The van der Waals surface area contributed by atoms with Gasteiger partial charge in [0.25, 0.3) is 0 Å². The van der Waals surface area contributed by atoms with Crippen molar-refractivity contribution in [2.45, 2.75) is 32.4 Å². The molecule has 0 aliphatic rings. The van der Waals surface area contributed by atoms with Crippen molar-refractivity contribution in [2.75, 3.05) is 0 Å². The number of aromatic nitrogens is 3. The summed E-state index contributed by atoms with van der Waals surface area (Å²) in [5, 5.41) is 4.28. The van der Waals surface area contributed by atoms with Crippen LogP contribution in [-0.4, -0.2) is 14.8 Å². The zero-order chi connectivity index (χ0) is 13.0. The molecular weight excluding hydrogens is 292 g/mol. The summed E-state index contributed by atoms with van der Waals surface area (Å²) in [4.78, 5) is 4.31. The highest BCUT2D eigenvalue weighted by atomic mass is 79.9. The molecule has 2 N–H and O–H groups in total. The molecule has 2 rings (SSSR count). The van der Waals surface area contributed by atoms with Gasteiger partial charge in [-0.3, -0.25) is 9.67 Å². The van der Waals surface area contributed by atoms with E-state index in [0.29, 0.717) is 0 Å². The van der Waals surface area contributed by atoms with Crippen LogP contribution in [-0.2, 0) is 13.0 Å². The molecule has 0 aromatic carbocycles. The normalized spacial score (nSPS) is 12.6. The Morgan fingerprint density at radius 3 is 2.94 bits per heavy atom. The second-order valence-corrected chi connectivity index (χ2v) is 5.01. The summed E-state index contributed by atoms with van der Waals surface area (Å²) >= 11 is 3.51. The van der Waals surface area contributed by atoms with E-state index >= 15 is 0 Å².